The lowest BCUT2D eigenvalue weighted by atomic mass is 9.66. The van der Waals surface area contributed by atoms with Crippen molar-refractivity contribution in [3.8, 4) is 0 Å². The van der Waals surface area contributed by atoms with Gasteiger partial charge in [0.05, 0.1) is 12.2 Å². The normalized spacial score (nSPS) is 20.0. The minimum absolute atomic E-state index is 0. The fourth-order valence-corrected chi connectivity index (χ4v) is 4.07. The molecule has 1 saturated heterocycles. The highest BCUT2D eigenvalue weighted by Crippen LogP contribution is 2.47. The quantitative estimate of drug-likeness (QED) is 0.630. The van der Waals surface area contributed by atoms with Gasteiger partial charge in [0.25, 0.3) is 0 Å². The molecule has 0 amide bonds. The fourth-order valence-electron chi connectivity index (χ4n) is 4.07. The second kappa shape index (κ2) is 8.59. The summed E-state index contributed by atoms with van der Waals surface area (Å²) in [5.74, 6) is -0.208. The van der Waals surface area contributed by atoms with Crippen LogP contribution in [0.15, 0.2) is 72.9 Å². The van der Waals surface area contributed by atoms with Crippen molar-refractivity contribution in [1.82, 2.24) is 9.78 Å². The highest BCUT2D eigenvalue weighted by molar-refractivity contribution is 5.90. The first-order chi connectivity index (χ1) is 12.6. The van der Waals surface area contributed by atoms with E-state index in [1.807, 2.05) is 84.5 Å². The molecule has 1 aliphatic rings. The number of aromatic nitrogens is 2. The maximum absolute atomic E-state index is 13.3. The molecule has 2 unspecified atom stereocenters. The van der Waals surface area contributed by atoms with E-state index in [1.165, 1.54) is 0 Å². The summed E-state index contributed by atoms with van der Waals surface area (Å²) >= 11 is 0. The van der Waals surface area contributed by atoms with Gasteiger partial charge < -0.3 is 10.2 Å². The second-order valence-corrected chi connectivity index (χ2v) is 6.95. The molecule has 2 aromatic carbocycles. The molecule has 2 N–H and O–H groups in total. The van der Waals surface area contributed by atoms with Crippen LogP contribution >= 0.6 is 12.4 Å². The fraction of sp³-hybridized carbons (Fsp3) is 0.273. The smallest absolute Gasteiger partial charge is 0.321 e. The Morgan fingerprint density at radius 1 is 1.00 bits per heavy atom. The number of hydrogen-bond acceptors (Lipinski definition) is 3. The molecule has 0 radical (unpaired) electrons. The molecular formula is C22H25ClN2O3. The maximum Gasteiger partial charge on any atom is 0.321 e. The van der Waals surface area contributed by atoms with Gasteiger partial charge in [-0.2, -0.15) is 5.10 Å². The average molecular weight is 401 g/mol. The number of aryl methyl sites for hydroxylation is 1. The Morgan fingerprint density at radius 3 is 2.00 bits per heavy atom. The third kappa shape index (κ3) is 3.43. The predicted octanol–water partition coefficient (Wildman–Crippen LogP) is 3.34. The van der Waals surface area contributed by atoms with Crippen LogP contribution in [0, 0.1) is 12.8 Å². The first kappa shape index (κ1) is 21.7. The van der Waals surface area contributed by atoms with Crippen molar-refractivity contribution in [2.45, 2.75) is 31.9 Å². The molecule has 28 heavy (non-hydrogen) atoms. The molecule has 6 heteroatoms. The van der Waals surface area contributed by atoms with Crippen LogP contribution in [0.2, 0.25) is 0 Å². The topological polar surface area (TPSA) is 75.6 Å². The van der Waals surface area contributed by atoms with Gasteiger partial charge in [0.2, 0.25) is 0 Å². The molecule has 3 aromatic rings. The third-order valence-corrected chi connectivity index (χ3v) is 5.42. The number of halogens is 1. The molecule has 1 aliphatic heterocycles. The van der Waals surface area contributed by atoms with Gasteiger partial charge in [-0.3, -0.25) is 9.48 Å². The highest BCUT2D eigenvalue weighted by Gasteiger charge is 2.57. The molecule has 1 fully saturated rings. The van der Waals surface area contributed by atoms with E-state index in [0.29, 0.717) is 6.54 Å². The molecule has 2 heterocycles. The van der Waals surface area contributed by atoms with E-state index in [1.54, 1.807) is 0 Å². The van der Waals surface area contributed by atoms with Crippen molar-refractivity contribution in [3.05, 3.63) is 89.7 Å². The van der Waals surface area contributed by atoms with Crippen LogP contribution in [0.25, 0.3) is 0 Å². The standard InChI is InChI=1S/C22H22N2O2.ClH.H2O/c1-16-13-14-24(23-16)15-20-17(2)22(21(25)26-20,18-9-5-3-6-10-18)19-11-7-4-8-12-19;;/h3-14,17,20H,15H2,1-2H3;1H;1H2. The zero-order valence-corrected chi connectivity index (χ0v) is 16.7. The molecule has 1 aromatic heterocycles. The number of nitrogens with zero attached hydrogens (tertiary/aromatic N) is 2. The number of rotatable bonds is 4. The van der Waals surface area contributed by atoms with Crippen molar-refractivity contribution < 1.29 is 15.0 Å². The minimum Gasteiger partial charge on any atom is -0.459 e. The number of carbonyl (C=O) groups is 1. The van der Waals surface area contributed by atoms with Crippen LogP contribution < -0.4 is 0 Å². The van der Waals surface area contributed by atoms with E-state index in [2.05, 4.69) is 12.0 Å². The summed E-state index contributed by atoms with van der Waals surface area (Å²) in [6, 6.07) is 21.9. The molecule has 5 nitrogen and oxygen atoms in total. The Kier molecular flexibility index (Phi) is 6.65. The Balaban J connectivity index is 0.00000140. The van der Waals surface area contributed by atoms with Crippen LogP contribution in [-0.2, 0) is 21.5 Å². The third-order valence-electron chi connectivity index (χ3n) is 5.42. The number of esters is 1. The van der Waals surface area contributed by atoms with Crippen molar-refractivity contribution in [2.24, 2.45) is 5.92 Å². The number of cyclic esters (lactones) is 1. The predicted molar refractivity (Wildman–Crippen MR) is 111 cm³/mol. The van der Waals surface area contributed by atoms with Crippen molar-refractivity contribution >= 4 is 18.4 Å². The number of carbonyl (C=O) groups excluding carboxylic acids is 1. The molecule has 2 atom stereocenters. The van der Waals surface area contributed by atoms with Crippen LogP contribution in [0.1, 0.15) is 23.7 Å². The Labute approximate surface area is 171 Å². The van der Waals surface area contributed by atoms with Gasteiger partial charge in [-0.25, -0.2) is 0 Å². The van der Waals surface area contributed by atoms with E-state index in [4.69, 9.17) is 4.74 Å². The van der Waals surface area contributed by atoms with Gasteiger partial charge in [0.1, 0.15) is 11.5 Å². The summed E-state index contributed by atoms with van der Waals surface area (Å²) in [7, 11) is 0. The molecule has 148 valence electrons. The average Bonchev–Trinajstić information content (AvgIpc) is 3.18. The van der Waals surface area contributed by atoms with Gasteiger partial charge in [0, 0.05) is 12.1 Å². The van der Waals surface area contributed by atoms with Crippen molar-refractivity contribution in [1.29, 1.82) is 0 Å². The summed E-state index contributed by atoms with van der Waals surface area (Å²) in [6.45, 7) is 4.62. The lowest BCUT2D eigenvalue weighted by molar-refractivity contribution is -0.145. The molecule has 0 saturated carbocycles. The number of hydrogen-bond donors (Lipinski definition) is 0. The van der Waals surface area contributed by atoms with Gasteiger partial charge in [0.15, 0.2) is 0 Å². The summed E-state index contributed by atoms with van der Waals surface area (Å²) in [4.78, 5) is 13.3. The first-order valence-corrected chi connectivity index (χ1v) is 8.94. The van der Waals surface area contributed by atoms with E-state index >= 15 is 0 Å². The van der Waals surface area contributed by atoms with E-state index in [9.17, 15) is 4.79 Å². The lowest BCUT2D eigenvalue weighted by Crippen LogP contribution is -2.39. The molecule has 0 bridgehead atoms. The van der Waals surface area contributed by atoms with E-state index in [0.717, 1.165) is 16.8 Å². The maximum atomic E-state index is 13.3. The summed E-state index contributed by atoms with van der Waals surface area (Å²) in [5.41, 5.74) is 2.11. The Morgan fingerprint density at radius 2 is 1.54 bits per heavy atom. The Bertz CT molecular complexity index is 872. The van der Waals surface area contributed by atoms with Crippen LogP contribution in [0.5, 0.6) is 0 Å². The molecule has 0 spiro atoms. The number of benzene rings is 2. The van der Waals surface area contributed by atoms with Gasteiger partial charge >= 0.3 is 5.97 Å². The largest absolute Gasteiger partial charge is 0.459 e. The molecular weight excluding hydrogens is 376 g/mol. The van der Waals surface area contributed by atoms with Crippen molar-refractivity contribution in [3.63, 3.8) is 0 Å². The minimum atomic E-state index is -0.796. The Hall–Kier alpha value is -2.63. The zero-order valence-electron chi connectivity index (χ0n) is 15.9. The van der Waals surface area contributed by atoms with Crippen LogP contribution in [-0.4, -0.2) is 27.3 Å². The van der Waals surface area contributed by atoms with Crippen molar-refractivity contribution in [2.75, 3.05) is 0 Å². The summed E-state index contributed by atoms with van der Waals surface area (Å²) in [5, 5.41) is 4.45. The van der Waals surface area contributed by atoms with Gasteiger partial charge in [-0.15, -0.1) is 12.4 Å². The zero-order chi connectivity index (χ0) is 18.1. The van der Waals surface area contributed by atoms with E-state index in [-0.39, 0.29) is 35.9 Å². The number of ether oxygens (including phenoxy) is 1. The van der Waals surface area contributed by atoms with Gasteiger partial charge in [-0.05, 0) is 24.1 Å². The van der Waals surface area contributed by atoms with Crippen LogP contribution in [0.4, 0.5) is 0 Å². The van der Waals surface area contributed by atoms with E-state index < -0.39 is 5.41 Å². The second-order valence-electron chi connectivity index (χ2n) is 6.95. The monoisotopic (exact) mass is 400 g/mol. The van der Waals surface area contributed by atoms with Crippen LogP contribution in [0.3, 0.4) is 0 Å². The molecule has 0 aliphatic carbocycles. The highest BCUT2D eigenvalue weighted by atomic mass is 35.5. The van der Waals surface area contributed by atoms with Gasteiger partial charge in [-0.1, -0.05) is 67.6 Å². The molecule has 4 rings (SSSR count). The summed E-state index contributed by atoms with van der Waals surface area (Å²) in [6.07, 6.45) is 1.70. The summed E-state index contributed by atoms with van der Waals surface area (Å²) < 4.78 is 7.77. The SMILES string of the molecule is Cc1ccn(CC2OC(=O)C(c3ccccc3)(c3ccccc3)C2C)n1.Cl.O. The first-order valence-electron chi connectivity index (χ1n) is 8.94. The lowest BCUT2D eigenvalue weighted by Gasteiger charge is -2.31.